The number of nitrogens with zero attached hydrogens (tertiary/aromatic N) is 2. The largest absolute Gasteiger partial charge is 0.467 e. The minimum atomic E-state index is -0.868. The summed E-state index contributed by atoms with van der Waals surface area (Å²) >= 11 is 0. The van der Waals surface area contributed by atoms with Gasteiger partial charge in [0.25, 0.3) is 5.96 Å². The number of benzene rings is 1. The molecule has 0 aliphatic carbocycles. The number of hydrazine groups is 1. The van der Waals surface area contributed by atoms with Crippen LogP contribution in [0.4, 0.5) is 0 Å². The molecule has 0 heterocycles. The summed E-state index contributed by atoms with van der Waals surface area (Å²) in [5, 5.41) is 11.9. The van der Waals surface area contributed by atoms with Gasteiger partial charge in [0.15, 0.2) is 5.03 Å². The van der Waals surface area contributed by atoms with E-state index >= 15 is 0 Å². The van der Waals surface area contributed by atoms with Crippen molar-refractivity contribution in [3.63, 3.8) is 0 Å². The lowest BCUT2D eigenvalue weighted by atomic mass is 10.0. The summed E-state index contributed by atoms with van der Waals surface area (Å²) in [6, 6.07) is 7.46. The fourth-order valence-electron chi connectivity index (χ4n) is 2.23. The van der Waals surface area contributed by atoms with E-state index < -0.39 is 29.0 Å². The van der Waals surface area contributed by atoms with E-state index in [-0.39, 0.29) is 25.3 Å². The van der Waals surface area contributed by atoms with Gasteiger partial charge in [0.2, 0.25) is 5.91 Å². The van der Waals surface area contributed by atoms with Crippen LogP contribution in [-0.2, 0) is 20.7 Å². The van der Waals surface area contributed by atoms with E-state index in [2.05, 4.69) is 10.3 Å². The maximum absolute atomic E-state index is 12.2. The second-order valence-corrected chi connectivity index (χ2v) is 5.66. The lowest BCUT2D eigenvalue weighted by Gasteiger charge is -2.19. The zero-order chi connectivity index (χ0) is 20.2. The Kier molecular flexibility index (Phi) is 9.23. The van der Waals surface area contributed by atoms with Gasteiger partial charge in [-0.25, -0.2) is 19.9 Å². The summed E-state index contributed by atoms with van der Waals surface area (Å²) in [6.07, 6.45) is 0.927. The molecule has 0 fully saturated rings. The van der Waals surface area contributed by atoms with Crippen LogP contribution >= 0.6 is 0 Å². The number of nitrogens with two attached hydrogens (primary N) is 2. The molecular weight excluding hydrogens is 356 g/mol. The molecule has 0 bridgehead atoms. The maximum Gasteiger partial charge on any atom is 0.328 e. The number of aliphatic imine (C=N–C) groups is 1. The lowest BCUT2D eigenvalue weighted by Crippen LogP contribution is -2.49. The third kappa shape index (κ3) is 8.63. The van der Waals surface area contributed by atoms with Crippen molar-refractivity contribution in [3.8, 4) is 0 Å². The van der Waals surface area contributed by atoms with E-state index in [1.165, 1.54) is 7.11 Å². The molecule has 27 heavy (non-hydrogen) atoms. The van der Waals surface area contributed by atoms with Crippen molar-refractivity contribution in [3.05, 3.63) is 46.0 Å². The van der Waals surface area contributed by atoms with E-state index in [0.29, 0.717) is 6.42 Å². The smallest absolute Gasteiger partial charge is 0.328 e. The van der Waals surface area contributed by atoms with Crippen LogP contribution < -0.4 is 22.2 Å². The molecule has 1 aromatic carbocycles. The van der Waals surface area contributed by atoms with Crippen molar-refractivity contribution >= 4 is 17.8 Å². The first-order valence-corrected chi connectivity index (χ1v) is 8.22. The number of carbonyl (C=O) groups excluding carboxylic acids is 2. The number of ether oxygens (including phenoxy) is 1. The Morgan fingerprint density at radius 3 is 2.59 bits per heavy atom. The summed E-state index contributed by atoms with van der Waals surface area (Å²) in [4.78, 5) is 38.1. The molecule has 0 aromatic heterocycles. The van der Waals surface area contributed by atoms with Crippen LogP contribution in [0, 0.1) is 10.1 Å². The van der Waals surface area contributed by atoms with Gasteiger partial charge in [-0.15, -0.1) is 0 Å². The fraction of sp³-hybridized carbons (Fsp3) is 0.438. The molecule has 148 valence electrons. The number of amides is 1. The third-order valence-electron chi connectivity index (χ3n) is 3.58. The Bertz CT molecular complexity index is 667. The Labute approximate surface area is 156 Å². The molecule has 0 spiro atoms. The highest BCUT2D eigenvalue weighted by atomic mass is 16.7. The summed E-state index contributed by atoms with van der Waals surface area (Å²) < 4.78 is 4.73. The predicted molar refractivity (Wildman–Crippen MR) is 97.9 cm³/mol. The molecule has 1 amide bonds. The van der Waals surface area contributed by atoms with Crippen LogP contribution in [0.1, 0.15) is 18.4 Å². The van der Waals surface area contributed by atoms with Crippen molar-refractivity contribution in [2.24, 2.45) is 16.5 Å². The minimum absolute atomic E-state index is 0.165. The molecule has 11 nitrogen and oxygen atoms in total. The van der Waals surface area contributed by atoms with Crippen LogP contribution in [-0.4, -0.2) is 48.6 Å². The van der Waals surface area contributed by atoms with Crippen molar-refractivity contribution < 1.29 is 19.4 Å². The van der Waals surface area contributed by atoms with Gasteiger partial charge in [-0.2, -0.15) is 0 Å². The van der Waals surface area contributed by atoms with E-state index in [9.17, 15) is 19.7 Å². The summed E-state index contributed by atoms with van der Waals surface area (Å²) in [6.45, 7) is 0.165. The number of esters is 1. The van der Waals surface area contributed by atoms with Gasteiger partial charge in [0.1, 0.15) is 6.04 Å². The predicted octanol–water partition coefficient (Wildman–Crippen LogP) is -0.910. The zero-order valence-electron chi connectivity index (χ0n) is 15.0. The van der Waals surface area contributed by atoms with E-state index in [0.717, 1.165) is 5.56 Å². The molecule has 1 aromatic rings. The number of carbonyl (C=O) groups is 2. The molecule has 6 N–H and O–H groups in total. The van der Waals surface area contributed by atoms with Gasteiger partial charge >= 0.3 is 5.97 Å². The quantitative estimate of drug-likeness (QED) is 0.101. The molecular formula is C16H24N6O5. The zero-order valence-corrected chi connectivity index (χ0v) is 15.0. The standard InChI is InChI=1S/C16H24N6O5/c1-27-15(24)13(10-11-6-3-2-4-7-11)20-14(23)12(17)8-5-9-19-16(18)21-22(25)26/h2-4,6-7,12-13H,5,8-10,17H2,1H3,(H,20,23)(H3,18,19,21)/t12-,13+/m1/s1. The number of guanidine groups is 1. The third-order valence-corrected chi connectivity index (χ3v) is 3.58. The van der Waals surface area contributed by atoms with Crippen molar-refractivity contribution in [1.82, 2.24) is 10.7 Å². The van der Waals surface area contributed by atoms with Gasteiger partial charge < -0.3 is 21.5 Å². The molecule has 2 atom stereocenters. The van der Waals surface area contributed by atoms with E-state index in [1.807, 2.05) is 30.3 Å². The van der Waals surface area contributed by atoms with Crippen molar-refractivity contribution in [2.45, 2.75) is 31.3 Å². The summed E-state index contributed by atoms with van der Waals surface area (Å²) in [5.74, 6) is -1.39. The molecule has 0 radical (unpaired) electrons. The van der Waals surface area contributed by atoms with Crippen LogP contribution in [0.5, 0.6) is 0 Å². The average molecular weight is 380 g/mol. The highest BCUT2D eigenvalue weighted by Crippen LogP contribution is 2.05. The van der Waals surface area contributed by atoms with E-state index in [1.54, 1.807) is 5.43 Å². The maximum atomic E-state index is 12.2. The van der Waals surface area contributed by atoms with Gasteiger partial charge in [0.05, 0.1) is 13.2 Å². The highest BCUT2D eigenvalue weighted by molar-refractivity contribution is 5.87. The Hall–Kier alpha value is -3.21. The SMILES string of the molecule is COC(=O)[C@H](Cc1ccccc1)NC(=O)[C@H](N)CCCN=C(N)N[N+](=O)[O-]. The second-order valence-electron chi connectivity index (χ2n) is 5.66. The summed E-state index contributed by atoms with van der Waals surface area (Å²) in [7, 11) is 1.24. The van der Waals surface area contributed by atoms with Crippen LogP contribution in [0.2, 0.25) is 0 Å². The second kappa shape index (κ2) is 11.4. The number of nitro groups is 1. The lowest BCUT2D eigenvalue weighted by molar-refractivity contribution is -0.525. The fourth-order valence-corrected chi connectivity index (χ4v) is 2.23. The van der Waals surface area contributed by atoms with E-state index in [4.69, 9.17) is 16.2 Å². The molecule has 1 rings (SSSR count). The number of nitrogens with one attached hydrogen (secondary N) is 2. The van der Waals surface area contributed by atoms with Gasteiger partial charge in [-0.05, 0) is 18.4 Å². The molecule has 0 aliphatic rings. The van der Waals surface area contributed by atoms with Gasteiger partial charge in [-0.3, -0.25) is 4.79 Å². The molecule has 0 unspecified atom stereocenters. The highest BCUT2D eigenvalue weighted by Gasteiger charge is 2.24. The number of rotatable bonds is 10. The molecule has 11 heteroatoms. The first-order valence-electron chi connectivity index (χ1n) is 8.22. The Morgan fingerprint density at radius 2 is 2.00 bits per heavy atom. The molecule has 0 aliphatic heterocycles. The molecule has 0 saturated heterocycles. The number of hydrogen-bond donors (Lipinski definition) is 4. The summed E-state index contributed by atoms with van der Waals surface area (Å²) in [5.41, 5.74) is 13.7. The van der Waals surface area contributed by atoms with Crippen molar-refractivity contribution in [2.75, 3.05) is 13.7 Å². The number of hydrogen-bond acceptors (Lipinski definition) is 7. The van der Waals surface area contributed by atoms with Crippen LogP contribution in [0.25, 0.3) is 0 Å². The average Bonchev–Trinajstić information content (AvgIpc) is 2.64. The molecule has 0 saturated carbocycles. The van der Waals surface area contributed by atoms with Gasteiger partial charge in [-0.1, -0.05) is 35.8 Å². The number of methoxy groups -OCH3 is 1. The van der Waals surface area contributed by atoms with Crippen LogP contribution in [0.3, 0.4) is 0 Å². The van der Waals surface area contributed by atoms with Crippen molar-refractivity contribution in [1.29, 1.82) is 0 Å². The first-order chi connectivity index (χ1) is 12.8. The Balaban J connectivity index is 2.51. The minimum Gasteiger partial charge on any atom is -0.467 e. The monoisotopic (exact) mass is 380 g/mol. The Morgan fingerprint density at radius 1 is 1.33 bits per heavy atom. The van der Waals surface area contributed by atoms with Crippen LogP contribution in [0.15, 0.2) is 35.3 Å². The topological polar surface area (TPSA) is 175 Å². The normalized spacial score (nSPS) is 13.3. The first kappa shape index (κ1) is 21.8. The van der Waals surface area contributed by atoms with Gasteiger partial charge in [0, 0.05) is 13.0 Å².